The average Bonchev–Trinajstić information content (AvgIpc) is 2.40. The second kappa shape index (κ2) is 6.83. The first-order chi connectivity index (χ1) is 9.36. The molecule has 0 fully saturated rings. The van der Waals surface area contributed by atoms with Crippen molar-refractivity contribution in [2.75, 3.05) is 6.54 Å². The zero-order chi connectivity index (χ0) is 15.3. The molecule has 0 spiro atoms. The summed E-state index contributed by atoms with van der Waals surface area (Å²) in [6.07, 6.45) is 0.316. The number of hydrogen-bond acceptors (Lipinski definition) is 5. The van der Waals surface area contributed by atoms with Gasteiger partial charge in [-0.1, -0.05) is 5.16 Å². The molecule has 3 N–H and O–H groups in total. The van der Waals surface area contributed by atoms with E-state index in [-0.39, 0.29) is 17.8 Å². The van der Waals surface area contributed by atoms with Crippen molar-refractivity contribution in [3.05, 3.63) is 23.0 Å². The van der Waals surface area contributed by atoms with Crippen LogP contribution < -0.4 is 5.73 Å². The maximum atomic E-state index is 12.6. The van der Waals surface area contributed by atoms with Gasteiger partial charge in [0, 0.05) is 19.0 Å². The van der Waals surface area contributed by atoms with Crippen LogP contribution in [0.2, 0.25) is 0 Å². The van der Waals surface area contributed by atoms with E-state index < -0.39 is 0 Å². The van der Waals surface area contributed by atoms with Gasteiger partial charge in [-0.3, -0.25) is 4.79 Å². The molecule has 20 heavy (non-hydrogen) atoms. The number of amidine groups is 1. The Balaban J connectivity index is 2.97. The van der Waals surface area contributed by atoms with E-state index in [1.165, 1.54) is 0 Å². The van der Waals surface area contributed by atoms with E-state index in [4.69, 9.17) is 10.9 Å². The summed E-state index contributed by atoms with van der Waals surface area (Å²) in [5.41, 5.74) is 7.27. The molecule has 1 rings (SSSR count). The molecule has 0 radical (unpaired) electrons. The Hall–Kier alpha value is -2.18. The summed E-state index contributed by atoms with van der Waals surface area (Å²) in [5, 5.41) is 19.4. The normalized spacial score (nSPS) is 11.8. The van der Waals surface area contributed by atoms with Gasteiger partial charge in [-0.25, -0.2) is 0 Å². The highest BCUT2D eigenvalue weighted by Crippen LogP contribution is 2.12. The Kier molecular flexibility index (Phi) is 5.42. The van der Waals surface area contributed by atoms with E-state index >= 15 is 0 Å². The van der Waals surface area contributed by atoms with Crippen molar-refractivity contribution >= 4 is 11.7 Å². The number of hydrogen-bond donors (Lipinski definition) is 2. The number of oxime groups is 1. The van der Waals surface area contributed by atoms with Crippen molar-refractivity contribution in [3.63, 3.8) is 0 Å². The highest BCUT2D eigenvalue weighted by atomic mass is 16.4. The van der Waals surface area contributed by atoms with Gasteiger partial charge in [-0.15, -0.1) is 0 Å². The number of amides is 1. The van der Waals surface area contributed by atoms with E-state index in [0.717, 1.165) is 0 Å². The van der Waals surface area contributed by atoms with E-state index in [2.05, 4.69) is 15.4 Å². The van der Waals surface area contributed by atoms with Gasteiger partial charge < -0.3 is 15.8 Å². The summed E-state index contributed by atoms with van der Waals surface area (Å²) < 4.78 is 0. The van der Waals surface area contributed by atoms with Crippen LogP contribution >= 0.6 is 0 Å². The first-order valence-corrected chi connectivity index (χ1v) is 6.45. The molecule has 0 aliphatic heterocycles. The quantitative estimate of drug-likeness (QED) is 0.363. The zero-order valence-corrected chi connectivity index (χ0v) is 12.3. The molecule has 7 nitrogen and oxygen atoms in total. The highest BCUT2D eigenvalue weighted by molar-refractivity contribution is 5.95. The molecule has 0 aliphatic carbocycles. The Morgan fingerprint density at radius 2 is 2.10 bits per heavy atom. The number of nitrogens with two attached hydrogens (primary N) is 1. The third kappa shape index (κ3) is 3.91. The van der Waals surface area contributed by atoms with Crippen LogP contribution in [0.4, 0.5) is 0 Å². The largest absolute Gasteiger partial charge is 0.409 e. The van der Waals surface area contributed by atoms with Crippen LogP contribution in [0.5, 0.6) is 0 Å². The molecule has 0 unspecified atom stereocenters. The Morgan fingerprint density at radius 1 is 1.45 bits per heavy atom. The lowest BCUT2D eigenvalue weighted by molar-refractivity contribution is 0.0709. The molecule has 0 saturated carbocycles. The lowest BCUT2D eigenvalue weighted by Crippen LogP contribution is -2.39. The van der Waals surface area contributed by atoms with E-state index in [1.807, 2.05) is 13.8 Å². The molecular formula is C13H21N5O2. The highest BCUT2D eigenvalue weighted by Gasteiger charge is 2.21. The summed E-state index contributed by atoms with van der Waals surface area (Å²) in [6.45, 7) is 7.76. The number of aryl methyl sites for hydroxylation is 2. The number of aromatic nitrogens is 2. The molecule has 1 heterocycles. The van der Waals surface area contributed by atoms with Crippen LogP contribution in [-0.2, 0) is 0 Å². The second-order valence-corrected chi connectivity index (χ2v) is 4.92. The maximum absolute atomic E-state index is 12.6. The molecule has 0 aromatic carbocycles. The first-order valence-electron chi connectivity index (χ1n) is 6.45. The number of carbonyl (C=O) groups is 1. The van der Waals surface area contributed by atoms with Gasteiger partial charge in [0.15, 0.2) is 0 Å². The topological polar surface area (TPSA) is 105 Å². The minimum absolute atomic E-state index is 0.00173. The van der Waals surface area contributed by atoms with Crippen molar-refractivity contribution in [2.45, 2.75) is 40.2 Å². The van der Waals surface area contributed by atoms with E-state index in [9.17, 15) is 4.79 Å². The molecule has 1 aromatic rings. The molecule has 7 heteroatoms. The van der Waals surface area contributed by atoms with Crippen molar-refractivity contribution in [1.29, 1.82) is 0 Å². The van der Waals surface area contributed by atoms with Crippen molar-refractivity contribution < 1.29 is 10.0 Å². The fraction of sp³-hybridized carbons (Fsp3) is 0.538. The summed E-state index contributed by atoms with van der Waals surface area (Å²) in [7, 11) is 0. The molecule has 1 amide bonds. The van der Waals surface area contributed by atoms with Crippen LogP contribution in [0, 0.1) is 13.8 Å². The van der Waals surface area contributed by atoms with E-state index in [0.29, 0.717) is 29.9 Å². The smallest absolute Gasteiger partial charge is 0.256 e. The second-order valence-electron chi connectivity index (χ2n) is 4.92. The average molecular weight is 279 g/mol. The van der Waals surface area contributed by atoms with Crippen LogP contribution in [0.1, 0.15) is 42.0 Å². The van der Waals surface area contributed by atoms with Crippen LogP contribution in [0.3, 0.4) is 0 Å². The predicted octanol–water partition coefficient (Wildman–Crippen LogP) is 1.08. The third-order valence-corrected chi connectivity index (χ3v) is 2.95. The third-order valence-electron chi connectivity index (χ3n) is 2.95. The number of rotatable bonds is 5. The lowest BCUT2D eigenvalue weighted by atomic mass is 10.1. The fourth-order valence-corrected chi connectivity index (χ4v) is 1.80. The number of carbonyl (C=O) groups excluding carboxylic acids is 1. The van der Waals surface area contributed by atoms with Crippen LogP contribution in [0.15, 0.2) is 11.2 Å². The zero-order valence-electron chi connectivity index (χ0n) is 12.3. The van der Waals surface area contributed by atoms with Gasteiger partial charge >= 0.3 is 0 Å². The van der Waals surface area contributed by atoms with Gasteiger partial charge in [0.25, 0.3) is 5.91 Å². The summed E-state index contributed by atoms with van der Waals surface area (Å²) in [5.74, 6) is -0.0227. The molecular weight excluding hydrogens is 258 g/mol. The van der Waals surface area contributed by atoms with Crippen LogP contribution in [-0.4, -0.2) is 44.6 Å². The monoisotopic (exact) mass is 279 g/mol. The SMILES string of the molecule is Cc1cc(C(=O)N(CC/C(N)=N/O)C(C)C)c(C)nn1. The minimum atomic E-state index is -0.124. The molecule has 0 bridgehead atoms. The predicted molar refractivity (Wildman–Crippen MR) is 75.7 cm³/mol. The summed E-state index contributed by atoms with van der Waals surface area (Å²) >= 11 is 0. The Morgan fingerprint density at radius 3 is 2.65 bits per heavy atom. The molecule has 0 saturated heterocycles. The lowest BCUT2D eigenvalue weighted by Gasteiger charge is -2.27. The maximum Gasteiger partial charge on any atom is 0.256 e. The van der Waals surface area contributed by atoms with E-state index in [1.54, 1.807) is 24.8 Å². The molecule has 110 valence electrons. The Labute approximate surface area is 118 Å². The van der Waals surface area contributed by atoms with Gasteiger partial charge in [0.1, 0.15) is 5.84 Å². The van der Waals surface area contributed by atoms with Crippen molar-refractivity contribution in [1.82, 2.24) is 15.1 Å². The van der Waals surface area contributed by atoms with Crippen LogP contribution in [0.25, 0.3) is 0 Å². The molecule has 0 aliphatic rings. The summed E-state index contributed by atoms with van der Waals surface area (Å²) in [6, 6.07) is 1.73. The molecule has 0 atom stereocenters. The fourth-order valence-electron chi connectivity index (χ4n) is 1.80. The van der Waals surface area contributed by atoms with Crippen molar-refractivity contribution in [3.8, 4) is 0 Å². The summed E-state index contributed by atoms with van der Waals surface area (Å²) in [4.78, 5) is 14.2. The first kappa shape index (κ1) is 15.9. The van der Waals surface area contributed by atoms with Gasteiger partial charge in [-0.05, 0) is 33.8 Å². The van der Waals surface area contributed by atoms with Gasteiger partial charge in [0.2, 0.25) is 0 Å². The number of nitrogens with zero attached hydrogens (tertiary/aromatic N) is 4. The Bertz CT molecular complexity index is 513. The van der Waals surface area contributed by atoms with Gasteiger partial charge in [0.05, 0.1) is 17.0 Å². The van der Waals surface area contributed by atoms with Crippen molar-refractivity contribution in [2.24, 2.45) is 10.9 Å². The molecule has 1 aromatic heterocycles. The van der Waals surface area contributed by atoms with Gasteiger partial charge in [-0.2, -0.15) is 10.2 Å². The minimum Gasteiger partial charge on any atom is -0.409 e. The standard InChI is InChI=1S/C13H21N5O2/c1-8(2)18(6-5-12(14)17-20)13(19)11-7-9(3)15-16-10(11)4/h7-8,20H,5-6H2,1-4H3,(H2,14,17).